The molecule has 3 rings (SSSR count). The number of nitrogens with one attached hydrogen (secondary N) is 1. The first-order chi connectivity index (χ1) is 12.2. The first-order valence-corrected chi connectivity index (χ1v) is 8.24. The van der Waals surface area contributed by atoms with E-state index >= 15 is 0 Å². The second-order valence-corrected chi connectivity index (χ2v) is 5.89. The third kappa shape index (κ3) is 4.12. The molecule has 1 unspecified atom stereocenters. The van der Waals surface area contributed by atoms with Crippen LogP contribution in [0.25, 0.3) is 0 Å². The fourth-order valence-electron chi connectivity index (χ4n) is 2.75. The van der Waals surface area contributed by atoms with Gasteiger partial charge in [-0.05, 0) is 30.2 Å². The lowest BCUT2D eigenvalue weighted by atomic mass is 10.1. The lowest BCUT2D eigenvalue weighted by molar-refractivity contribution is 0.354. The number of nitrogens with zero attached hydrogens (tertiary/aromatic N) is 2. The number of rotatable bonds is 7. The van der Waals surface area contributed by atoms with Gasteiger partial charge >= 0.3 is 0 Å². The first kappa shape index (κ1) is 16.9. The summed E-state index contributed by atoms with van der Waals surface area (Å²) < 4.78 is 12.6. The third-order valence-electron chi connectivity index (χ3n) is 4.11. The van der Waals surface area contributed by atoms with E-state index in [4.69, 9.17) is 9.47 Å². The van der Waals surface area contributed by atoms with Crippen LogP contribution in [0.15, 0.2) is 60.9 Å². The summed E-state index contributed by atoms with van der Waals surface area (Å²) in [5, 5.41) is 7.90. The molecule has 0 saturated carbocycles. The van der Waals surface area contributed by atoms with Crippen LogP contribution in [0.2, 0.25) is 0 Å². The van der Waals surface area contributed by atoms with Gasteiger partial charge in [-0.3, -0.25) is 4.68 Å². The summed E-state index contributed by atoms with van der Waals surface area (Å²) in [6.07, 6.45) is 3.87. The van der Waals surface area contributed by atoms with Crippen LogP contribution in [0.3, 0.4) is 0 Å². The van der Waals surface area contributed by atoms with Gasteiger partial charge in [0.15, 0.2) is 11.5 Å². The van der Waals surface area contributed by atoms with E-state index in [0.717, 1.165) is 29.3 Å². The van der Waals surface area contributed by atoms with E-state index < -0.39 is 0 Å². The van der Waals surface area contributed by atoms with Crippen LogP contribution in [0.5, 0.6) is 11.5 Å². The van der Waals surface area contributed by atoms with Gasteiger partial charge in [-0.25, -0.2) is 0 Å². The van der Waals surface area contributed by atoms with Gasteiger partial charge in [-0.15, -0.1) is 0 Å². The van der Waals surface area contributed by atoms with E-state index in [0.29, 0.717) is 0 Å². The molecule has 5 nitrogen and oxygen atoms in total. The Morgan fingerprint density at radius 2 is 1.80 bits per heavy atom. The zero-order valence-electron chi connectivity index (χ0n) is 14.8. The standard InChI is InChI=1S/C20H23N3O2/c1-15(17-9-10-19(24-2)20(11-17)25-3)22-18-12-21-23(14-18)13-16-7-5-4-6-8-16/h4-12,14-15,22H,13H2,1-3H3. The largest absolute Gasteiger partial charge is 0.493 e. The Bertz CT molecular complexity index is 815. The molecule has 5 heteroatoms. The quantitative estimate of drug-likeness (QED) is 0.704. The highest BCUT2D eigenvalue weighted by molar-refractivity contribution is 5.47. The minimum absolute atomic E-state index is 0.120. The molecule has 1 N–H and O–H groups in total. The van der Waals surface area contributed by atoms with Gasteiger partial charge in [0.05, 0.1) is 32.6 Å². The van der Waals surface area contributed by atoms with Gasteiger partial charge in [-0.2, -0.15) is 5.10 Å². The van der Waals surface area contributed by atoms with Crippen LogP contribution in [0.1, 0.15) is 24.1 Å². The maximum absolute atomic E-state index is 5.38. The lowest BCUT2D eigenvalue weighted by Crippen LogP contribution is -2.06. The molecule has 0 bridgehead atoms. The molecular weight excluding hydrogens is 314 g/mol. The molecule has 0 saturated heterocycles. The number of methoxy groups -OCH3 is 2. The predicted octanol–water partition coefficient (Wildman–Crippen LogP) is 4.12. The Kier molecular flexibility index (Phi) is 5.23. The zero-order valence-corrected chi connectivity index (χ0v) is 14.8. The molecule has 0 amide bonds. The van der Waals surface area contributed by atoms with Crippen LogP contribution in [0.4, 0.5) is 5.69 Å². The van der Waals surface area contributed by atoms with Gasteiger partial charge in [-0.1, -0.05) is 36.4 Å². The predicted molar refractivity (Wildman–Crippen MR) is 99.4 cm³/mol. The van der Waals surface area contributed by atoms with Crippen molar-refractivity contribution in [3.05, 3.63) is 72.1 Å². The van der Waals surface area contributed by atoms with Crippen molar-refractivity contribution in [2.24, 2.45) is 0 Å². The average Bonchev–Trinajstić information content (AvgIpc) is 3.08. The Morgan fingerprint density at radius 3 is 2.52 bits per heavy atom. The van der Waals surface area contributed by atoms with E-state index in [2.05, 4.69) is 29.5 Å². The van der Waals surface area contributed by atoms with Gasteiger partial charge in [0.25, 0.3) is 0 Å². The first-order valence-electron chi connectivity index (χ1n) is 8.24. The fraction of sp³-hybridized carbons (Fsp3) is 0.250. The van der Waals surface area contributed by atoms with Crippen molar-refractivity contribution in [1.29, 1.82) is 0 Å². The zero-order chi connectivity index (χ0) is 17.6. The molecule has 0 spiro atoms. The molecule has 0 fully saturated rings. The highest BCUT2D eigenvalue weighted by Gasteiger charge is 2.11. The van der Waals surface area contributed by atoms with Crippen molar-refractivity contribution >= 4 is 5.69 Å². The number of aromatic nitrogens is 2. The molecule has 0 aliphatic carbocycles. The van der Waals surface area contributed by atoms with Gasteiger partial charge in [0.1, 0.15) is 0 Å². The maximum Gasteiger partial charge on any atom is 0.161 e. The SMILES string of the molecule is COc1ccc(C(C)Nc2cnn(Cc3ccccc3)c2)cc1OC. The van der Waals surface area contributed by atoms with Crippen molar-refractivity contribution in [2.75, 3.05) is 19.5 Å². The highest BCUT2D eigenvalue weighted by Crippen LogP contribution is 2.30. The summed E-state index contributed by atoms with van der Waals surface area (Å²) in [4.78, 5) is 0. The molecule has 0 radical (unpaired) electrons. The van der Waals surface area contributed by atoms with Crippen LogP contribution in [0, 0.1) is 0 Å². The van der Waals surface area contributed by atoms with Crippen molar-refractivity contribution in [3.63, 3.8) is 0 Å². The average molecular weight is 337 g/mol. The van der Waals surface area contributed by atoms with E-state index in [9.17, 15) is 0 Å². The molecule has 1 heterocycles. The third-order valence-corrected chi connectivity index (χ3v) is 4.11. The Balaban J connectivity index is 1.68. The number of ether oxygens (including phenoxy) is 2. The number of hydrogen-bond donors (Lipinski definition) is 1. The van der Waals surface area contributed by atoms with Crippen LogP contribution in [-0.2, 0) is 6.54 Å². The number of anilines is 1. The normalized spacial score (nSPS) is 11.8. The molecule has 0 aliphatic rings. The molecule has 25 heavy (non-hydrogen) atoms. The topological polar surface area (TPSA) is 48.3 Å². The summed E-state index contributed by atoms with van der Waals surface area (Å²) in [6.45, 7) is 2.86. The summed E-state index contributed by atoms with van der Waals surface area (Å²) in [7, 11) is 3.29. The molecule has 3 aromatic rings. The minimum atomic E-state index is 0.120. The van der Waals surface area contributed by atoms with E-state index in [1.165, 1.54) is 5.56 Å². The second-order valence-electron chi connectivity index (χ2n) is 5.89. The molecule has 130 valence electrons. The monoisotopic (exact) mass is 337 g/mol. The van der Waals surface area contributed by atoms with Crippen molar-refractivity contribution in [3.8, 4) is 11.5 Å². The minimum Gasteiger partial charge on any atom is -0.493 e. The highest BCUT2D eigenvalue weighted by atomic mass is 16.5. The maximum atomic E-state index is 5.38. The van der Waals surface area contributed by atoms with Gasteiger partial charge < -0.3 is 14.8 Å². The van der Waals surface area contributed by atoms with Crippen molar-refractivity contribution in [2.45, 2.75) is 19.5 Å². The molecule has 1 aromatic heterocycles. The summed E-state index contributed by atoms with van der Waals surface area (Å²) in [6, 6.07) is 16.4. The van der Waals surface area contributed by atoms with Crippen LogP contribution < -0.4 is 14.8 Å². The Hall–Kier alpha value is -2.95. The summed E-state index contributed by atoms with van der Waals surface area (Å²) >= 11 is 0. The van der Waals surface area contributed by atoms with E-state index in [-0.39, 0.29) is 6.04 Å². The number of benzene rings is 2. The van der Waals surface area contributed by atoms with Crippen LogP contribution in [-0.4, -0.2) is 24.0 Å². The van der Waals surface area contributed by atoms with E-state index in [1.807, 2.05) is 53.5 Å². The Morgan fingerprint density at radius 1 is 1.04 bits per heavy atom. The molecular formula is C20H23N3O2. The van der Waals surface area contributed by atoms with E-state index in [1.54, 1.807) is 14.2 Å². The fourth-order valence-corrected chi connectivity index (χ4v) is 2.75. The summed E-state index contributed by atoms with van der Waals surface area (Å²) in [5.74, 6) is 1.46. The van der Waals surface area contributed by atoms with Gasteiger partial charge in [0.2, 0.25) is 0 Å². The smallest absolute Gasteiger partial charge is 0.161 e. The lowest BCUT2D eigenvalue weighted by Gasteiger charge is -2.16. The van der Waals surface area contributed by atoms with Crippen LogP contribution >= 0.6 is 0 Å². The van der Waals surface area contributed by atoms with Crippen molar-refractivity contribution < 1.29 is 9.47 Å². The number of hydrogen-bond acceptors (Lipinski definition) is 4. The molecule has 2 aromatic carbocycles. The van der Waals surface area contributed by atoms with Gasteiger partial charge in [0, 0.05) is 12.2 Å². The molecule has 0 aliphatic heterocycles. The summed E-state index contributed by atoms with van der Waals surface area (Å²) in [5.41, 5.74) is 3.33. The molecule has 1 atom stereocenters. The van der Waals surface area contributed by atoms with Crippen molar-refractivity contribution in [1.82, 2.24) is 9.78 Å². The Labute approximate surface area is 148 Å². The second kappa shape index (κ2) is 7.75.